The van der Waals surface area contributed by atoms with Gasteiger partial charge in [0, 0.05) is 12.0 Å². The van der Waals surface area contributed by atoms with Crippen molar-refractivity contribution in [1.29, 1.82) is 0 Å². The lowest BCUT2D eigenvalue weighted by molar-refractivity contribution is 0.106. The number of nitrogens with zero attached hydrogens (tertiary/aromatic N) is 1. The number of carbonyl (C=O) groups excluding carboxylic acids is 2. The molecule has 2 N–H and O–H groups in total. The average molecular weight is 436 g/mol. The highest BCUT2D eigenvalue weighted by atomic mass is 32.2. The molecule has 1 aromatic rings. The van der Waals surface area contributed by atoms with Crippen LogP contribution in [-0.4, -0.2) is 35.1 Å². The quantitative estimate of drug-likeness (QED) is 0.348. The molecule has 0 spiro atoms. The minimum absolute atomic E-state index is 0.116. The van der Waals surface area contributed by atoms with Gasteiger partial charge in [-0.1, -0.05) is 37.3 Å². The van der Waals surface area contributed by atoms with Crippen LogP contribution in [-0.2, 0) is 9.47 Å². The largest absolute Gasteiger partial charge is 0.447 e. The van der Waals surface area contributed by atoms with Crippen molar-refractivity contribution in [2.45, 2.75) is 71.6 Å². The Bertz CT molecular complexity index is 704. The molecule has 1 saturated carbocycles. The van der Waals surface area contributed by atoms with Crippen LogP contribution < -0.4 is 10.7 Å². The van der Waals surface area contributed by atoms with E-state index >= 15 is 0 Å². The maximum absolute atomic E-state index is 12.2. The van der Waals surface area contributed by atoms with E-state index in [0.29, 0.717) is 0 Å². The highest BCUT2D eigenvalue weighted by molar-refractivity contribution is 8.13. The summed E-state index contributed by atoms with van der Waals surface area (Å²) in [5.74, 6) is 1.13. The van der Waals surface area contributed by atoms with Gasteiger partial charge in [-0.15, -0.1) is 11.8 Å². The summed E-state index contributed by atoms with van der Waals surface area (Å²) < 4.78 is 10.6. The van der Waals surface area contributed by atoms with E-state index in [0.717, 1.165) is 42.0 Å². The van der Waals surface area contributed by atoms with Crippen LogP contribution in [0.2, 0.25) is 0 Å². The second-order valence-corrected chi connectivity index (χ2v) is 8.88. The maximum atomic E-state index is 12.2. The highest BCUT2D eigenvalue weighted by Gasteiger charge is 2.27. The number of alkyl carbamates (subject to hydrolysis) is 1. The molecule has 30 heavy (non-hydrogen) atoms. The summed E-state index contributed by atoms with van der Waals surface area (Å²) in [4.78, 5) is 24.0. The molecular formula is C22H33N3O4S. The standard InChI is InChI=1S/C22H33N3O4S/c1-5-30-20(18-11-13-19(14-12-18)23-21(26)28-15(2)3)24-25-22(27)29-16(4)17-9-7-6-8-10-17/h6-10,15-16,18-19H,5,11-14H2,1-4H3,(H,23,26)(H,25,27)/b24-20-/t16-,18?,19?/m0/s1. The Morgan fingerprint density at radius 1 is 1.07 bits per heavy atom. The van der Waals surface area contributed by atoms with Crippen molar-refractivity contribution in [3.05, 3.63) is 35.9 Å². The van der Waals surface area contributed by atoms with Gasteiger partial charge in [0.1, 0.15) is 6.10 Å². The summed E-state index contributed by atoms with van der Waals surface area (Å²) >= 11 is 1.63. The first-order valence-electron chi connectivity index (χ1n) is 10.6. The van der Waals surface area contributed by atoms with Crippen LogP contribution in [0.15, 0.2) is 35.4 Å². The van der Waals surface area contributed by atoms with E-state index in [1.165, 1.54) is 0 Å². The Morgan fingerprint density at radius 2 is 1.73 bits per heavy atom. The summed E-state index contributed by atoms with van der Waals surface area (Å²) in [5, 5.41) is 8.19. The molecule has 166 valence electrons. The van der Waals surface area contributed by atoms with Crippen molar-refractivity contribution < 1.29 is 19.1 Å². The Kier molecular flexibility index (Phi) is 10.00. The summed E-state index contributed by atoms with van der Waals surface area (Å²) in [5.41, 5.74) is 3.48. The Morgan fingerprint density at radius 3 is 2.33 bits per heavy atom. The van der Waals surface area contributed by atoms with Gasteiger partial charge >= 0.3 is 12.2 Å². The van der Waals surface area contributed by atoms with Gasteiger partial charge < -0.3 is 14.8 Å². The Hall–Kier alpha value is -2.22. The first kappa shape index (κ1) is 24.1. The molecular weight excluding hydrogens is 402 g/mol. The molecule has 1 atom stereocenters. The predicted octanol–water partition coefficient (Wildman–Crippen LogP) is 5.23. The summed E-state index contributed by atoms with van der Waals surface area (Å²) in [6.45, 7) is 7.56. The lowest BCUT2D eigenvalue weighted by Crippen LogP contribution is -2.39. The molecule has 0 saturated heterocycles. The van der Waals surface area contributed by atoms with Gasteiger partial charge in [-0.05, 0) is 57.8 Å². The predicted molar refractivity (Wildman–Crippen MR) is 121 cm³/mol. The van der Waals surface area contributed by atoms with E-state index in [4.69, 9.17) is 9.47 Å². The minimum Gasteiger partial charge on any atom is -0.447 e. The monoisotopic (exact) mass is 435 g/mol. The Balaban J connectivity index is 1.84. The number of rotatable bonds is 7. The third-order valence-electron chi connectivity index (χ3n) is 4.84. The average Bonchev–Trinajstić information content (AvgIpc) is 2.71. The number of ether oxygens (including phenoxy) is 2. The molecule has 0 radical (unpaired) electrons. The van der Waals surface area contributed by atoms with Gasteiger partial charge in [-0.3, -0.25) is 0 Å². The topological polar surface area (TPSA) is 89.0 Å². The molecule has 1 aliphatic carbocycles. The molecule has 0 heterocycles. The third-order valence-corrected chi connectivity index (χ3v) is 5.85. The summed E-state index contributed by atoms with van der Waals surface area (Å²) in [6, 6.07) is 9.70. The van der Waals surface area contributed by atoms with Crippen LogP contribution in [0.25, 0.3) is 0 Å². The van der Waals surface area contributed by atoms with Crippen LogP contribution >= 0.6 is 11.8 Å². The fraction of sp³-hybridized carbons (Fsp3) is 0.591. The van der Waals surface area contributed by atoms with E-state index in [2.05, 4.69) is 22.8 Å². The number of benzene rings is 1. The van der Waals surface area contributed by atoms with E-state index < -0.39 is 6.09 Å². The van der Waals surface area contributed by atoms with E-state index in [-0.39, 0.29) is 30.3 Å². The summed E-state index contributed by atoms with van der Waals surface area (Å²) in [6.07, 6.45) is 2.11. The van der Waals surface area contributed by atoms with Gasteiger partial charge in [0.2, 0.25) is 0 Å². The molecule has 1 aromatic carbocycles. The number of hydrazone groups is 1. The Labute approximate surface area is 183 Å². The number of nitrogens with one attached hydrogen (secondary N) is 2. The van der Waals surface area contributed by atoms with Crippen molar-refractivity contribution in [2.24, 2.45) is 11.0 Å². The molecule has 2 amide bonds. The second kappa shape index (κ2) is 12.5. The lowest BCUT2D eigenvalue weighted by atomic mass is 9.86. The first-order valence-corrected chi connectivity index (χ1v) is 11.6. The minimum atomic E-state index is -0.563. The molecule has 2 rings (SSSR count). The van der Waals surface area contributed by atoms with Crippen LogP contribution in [0.3, 0.4) is 0 Å². The number of amides is 2. The van der Waals surface area contributed by atoms with Crippen molar-refractivity contribution in [1.82, 2.24) is 10.7 Å². The van der Waals surface area contributed by atoms with Gasteiger partial charge in [0.15, 0.2) is 0 Å². The number of hydrogen-bond donors (Lipinski definition) is 2. The molecule has 7 nitrogen and oxygen atoms in total. The fourth-order valence-electron chi connectivity index (χ4n) is 3.37. The van der Waals surface area contributed by atoms with Crippen LogP contribution in [0, 0.1) is 5.92 Å². The molecule has 0 unspecified atom stereocenters. The highest BCUT2D eigenvalue weighted by Crippen LogP contribution is 2.29. The molecule has 0 aromatic heterocycles. The maximum Gasteiger partial charge on any atom is 0.428 e. The zero-order valence-corrected chi connectivity index (χ0v) is 19.0. The van der Waals surface area contributed by atoms with Crippen molar-refractivity contribution in [3.8, 4) is 0 Å². The molecule has 8 heteroatoms. The van der Waals surface area contributed by atoms with E-state index in [1.807, 2.05) is 51.1 Å². The normalized spacial score (nSPS) is 20.4. The molecule has 1 fully saturated rings. The molecule has 0 bridgehead atoms. The third kappa shape index (κ3) is 8.26. The van der Waals surface area contributed by atoms with Gasteiger partial charge in [-0.2, -0.15) is 5.10 Å². The molecule has 0 aliphatic heterocycles. The summed E-state index contributed by atoms with van der Waals surface area (Å²) in [7, 11) is 0. The first-order chi connectivity index (χ1) is 14.4. The zero-order valence-electron chi connectivity index (χ0n) is 18.2. The van der Waals surface area contributed by atoms with Gasteiger partial charge in [0.05, 0.1) is 11.1 Å². The SMILES string of the molecule is CCS/C(=N\NC(=O)O[C@@H](C)c1ccccc1)C1CCC(NC(=O)OC(C)C)CC1. The van der Waals surface area contributed by atoms with Gasteiger partial charge in [-0.25, -0.2) is 15.0 Å². The smallest absolute Gasteiger partial charge is 0.428 e. The van der Waals surface area contributed by atoms with E-state index in [9.17, 15) is 9.59 Å². The molecule has 1 aliphatic rings. The lowest BCUT2D eigenvalue weighted by Gasteiger charge is -2.29. The second-order valence-electron chi connectivity index (χ2n) is 7.60. The number of thioether (sulfide) groups is 1. The zero-order chi connectivity index (χ0) is 21.9. The van der Waals surface area contributed by atoms with Crippen LogP contribution in [0.4, 0.5) is 9.59 Å². The van der Waals surface area contributed by atoms with Crippen LogP contribution in [0.1, 0.15) is 65.0 Å². The fourth-order valence-corrected chi connectivity index (χ4v) is 4.25. The number of carbonyl (C=O) groups is 2. The van der Waals surface area contributed by atoms with Crippen molar-refractivity contribution in [2.75, 3.05) is 5.75 Å². The van der Waals surface area contributed by atoms with Gasteiger partial charge in [0.25, 0.3) is 0 Å². The van der Waals surface area contributed by atoms with Crippen LogP contribution in [0.5, 0.6) is 0 Å². The van der Waals surface area contributed by atoms with Crippen molar-refractivity contribution >= 4 is 29.0 Å². The van der Waals surface area contributed by atoms with E-state index in [1.54, 1.807) is 11.8 Å². The number of hydrogen-bond acceptors (Lipinski definition) is 6. The van der Waals surface area contributed by atoms with Crippen molar-refractivity contribution in [3.63, 3.8) is 0 Å².